The Bertz CT molecular complexity index is 661. The highest BCUT2D eigenvalue weighted by molar-refractivity contribution is 5.85. The molecule has 0 aliphatic carbocycles. The number of nitrogens with one attached hydrogen (secondary N) is 1. The molecule has 4 rings (SSSR count). The number of benzene rings is 1. The molecule has 1 aromatic carbocycles. The van der Waals surface area contributed by atoms with Crippen molar-refractivity contribution >= 4 is 36.4 Å². The minimum atomic E-state index is 0. The van der Waals surface area contributed by atoms with E-state index in [1.165, 1.54) is 12.8 Å². The van der Waals surface area contributed by atoms with Crippen LogP contribution in [0.5, 0.6) is 5.75 Å². The Labute approximate surface area is 180 Å². The van der Waals surface area contributed by atoms with Crippen LogP contribution in [-0.4, -0.2) is 79.7 Å². The number of phenols is 1. The maximum absolute atomic E-state index is 13.1. The number of carbonyl (C=O) groups excluding carboxylic acids is 1. The number of aromatic hydroxyl groups is 1. The summed E-state index contributed by atoms with van der Waals surface area (Å²) in [4.78, 5) is 19.6. The molecule has 3 fully saturated rings. The Hall–Kier alpha value is -1.21. The predicted molar refractivity (Wildman–Crippen MR) is 117 cm³/mol. The highest BCUT2D eigenvalue weighted by Crippen LogP contribution is 2.41. The molecule has 0 aromatic heterocycles. The summed E-state index contributed by atoms with van der Waals surface area (Å²) >= 11 is 0. The van der Waals surface area contributed by atoms with E-state index in [4.69, 9.17) is 0 Å². The molecule has 1 unspecified atom stereocenters. The van der Waals surface area contributed by atoms with Crippen molar-refractivity contribution in [2.24, 2.45) is 5.41 Å². The molecule has 2 N–H and O–H groups in total. The molecule has 28 heavy (non-hydrogen) atoms. The van der Waals surface area contributed by atoms with Gasteiger partial charge in [-0.2, -0.15) is 0 Å². The normalized spacial score (nSPS) is 24.5. The maximum Gasteiger partial charge on any atom is 0.240 e. The van der Waals surface area contributed by atoms with Crippen molar-refractivity contribution in [3.63, 3.8) is 0 Å². The predicted octanol–water partition coefficient (Wildman–Crippen LogP) is 1.96. The van der Waals surface area contributed by atoms with E-state index < -0.39 is 0 Å². The van der Waals surface area contributed by atoms with E-state index in [2.05, 4.69) is 22.2 Å². The molecule has 158 valence electrons. The van der Waals surface area contributed by atoms with Crippen LogP contribution in [0.15, 0.2) is 24.3 Å². The topological polar surface area (TPSA) is 59.1 Å². The zero-order valence-corrected chi connectivity index (χ0v) is 18.1. The molecule has 3 saturated heterocycles. The van der Waals surface area contributed by atoms with E-state index in [-0.39, 0.29) is 30.9 Å². The number of likely N-dealkylation sites (tertiary alicyclic amines) is 1. The molecule has 3 heterocycles. The first-order chi connectivity index (χ1) is 12.6. The van der Waals surface area contributed by atoms with Crippen LogP contribution in [-0.2, 0) is 4.79 Å². The fourth-order valence-corrected chi connectivity index (χ4v) is 4.98. The fourth-order valence-electron chi connectivity index (χ4n) is 4.98. The number of para-hydroxylation sites is 2. The minimum absolute atomic E-state index is 0. The molecule has 1 atom stereocenters. The van der Waals surface area contributed by atoms with Crippen LogP contribution in [0.25, 0.3) is 0 Å². The largest absolute Gasteiger partial charge is 0.506 e. The Morgan fingerprint density at radius 2 is 1.75 bits per heavy atom. The molecule has 1 spiro atoms. The van der Waals surface area contributed by atoms with E-state index in [1.54, 1.807) is 6.07 Å². The summed E-state index contributed by atoms with van der Waals surface area (Å²) in [5, 5.41) is 13.5. The number of piperazine rings is 1. The van der Waals surface area contributed by atoms with Gasteiger partial charge in [0.15, 0.2) is 0 Å². The lowest BCUT2D eigenvalue weighted by Gasteiger charge is -2.38. The monoisotopic (exact) mass is 430 g/mol. The summed E-state index contributed by atoms with van der Waals surface area (Å²) in [7, 11) is 2.11. The van der Waals surface area contributed by atoms with Gasteiger partial charge in [0.05, 0.1) is 11.7 Å². The first-order valence-electron chi connectivity index (χ1n) is 9.81. The second-order valence-electron chi connectivity index (χ2n) is 8.19. The molecule has 3 aliphatic heterocycles. The third-order valence-corrected chi connectivity index (χ3v) is 6.51. The second-order valence-corrected chi connectivity index (χ2v) is 8.19. The van der Waals surface area contributed by atoms with E-state index >= 15 is 0 Å². The van der Waals surface area contributed by atoms with E-state index in [0.29, 0.717) is 17.1 Å². The van der Waals surface area contributed by atoms with Crippen LogP contribution in [0.2, 0.25) is 0 Å². The van der Waals surface area contributed by atoms with Crippen molar-refractivity contribution in [2.75, 3.05) is 57.8 Å². The van der Waals surface area contributed by atoms with E-state index in [1.807, 2.05) is 23.1 Å². The molecule has 0 bridgehead atoms. The van der Waals surface area contributed by atoms with Gasteiger partial charge in [0.1, 0.15) is 5.75 Å². The van der Waals surface area contributed by atoms with E-state index in [0.717, 1.165) is 57.9 Å². The zero-order chi connectivity index (χ0) is 18.1. The third-order valence-electron chi connectivity index (χ3n) is 6.51. The standard InChI is InChI=1S/C20H30N4O2.2ClH/c1-22-15-20(6-8-21-9-7-20)14-17(22)19(26)24-12-10-23(11-13-24)16-4-2-3-5-18(16)25;;/h2-5,17,21,25H,6-15H2,1H3;2*1H. The number of hydrogen-bond acceptors (Lipinski definition) is 5. The first-order valence-corrected chi connectivity index (χ1v) is 9.81. The summed E-state index contributed by atoms with van der Waals surface area (Å²) in [6.45, 7) is 6.20. The van der Waals surface area contributed by atoms with Gasteiger partial charge in [-0.1, -0.05) is 12.1 Å². The lowest BCUT2D eigenvalue weighted by atomic mass is 9.77. The summed E-state index contributed by atoms with van der Waals surface area (Å²) in [6, 6.07) is 7.48. The molecule has 6 nitrogen and oxygen atoms in total. The smallest absolute Gasteiger partial charge is 0.240 e. The molecule has 3 aliphatic rings. The summed E-state index contributed by atoms with van der Waals surface area (Å²) < 4.78 is 0. The summed E-state index contributed by atoms with van der Waals surface area (Å²) in [6.07, 6.45) is 3.37. The van der Waals surface area contributed by atoms with Crippen molar-refractivity contribution in [1.82, 2.24) is 15.1 Å². The number of phenolic OH excluding ortho intramolecular Hbond substituents is 1. The van der Waals surface area contributed by atoms with Gasteiger partial charge in [0.2, 0.25) is 5.91 Å². The number of halogens is 2. The van der Waals surface area contributed by atoms with Crippen molar-refractivity contribution in [3.8, 4) is 5.75 Å². The third kappa shape index (κ3) is 4.51. The van der Waals surface area contributed by atoms with Gasteiger partial charge in [-0.25, -0.2) is 0 Å². The molecule has 1 amide bonds. The van der Waals surface area contributed by atoms with Crippen molar-refractivity contribution in [1.29, 1.82) is 0 Å². The van der Waals surface area contributed by atoms with Crippen LogP contribution in [0, 0.1) is 5.41 Å². The van der Waals surface area contributed by atoms with Crippen molar-refractivity contribution < 1.29 is 9.90 Å². The first kappa shape index (κ1) is 23.1. The summed E-state index contributed by atoms with van der Waals surface area (Å²) in [5.41, 5.74) is 1.20. The van der Waals surface area contributed by atoms with Gasteiger partial charge < -0.3 is 20.2 Å². The summed E-state index contributed by atoms with van der Waals surface area (Å²) in [5.74, 6) is 0.607. The number of anilines is 1. The quantitative estimate of drug-likeness (QED) is 0.750. The Morgan fingerprint density at radius 1 is 1.11 bits per heavy atom. The molecular weight excluding hydrogens is 399 g/mol. The SMILES string of the molecule is CN1CC2(CCNCC2)CC1C(=O)N1CCN(c2ccccc2O)CC1.Cl.Cl. The van der Waals surface area contributed by atoms with E-state index in [9.17, 15) is 9.90 Å². The number of hydrogen-bond donors (Lipinski definition) is 2. The molecule has 0 saturated carbocycles. The lowest BCUT2D eigenvalue weighted by molar-refractivity contribution is -0.135. The Balaban J connectivity index is 0.00000140. The number of amides is 1. The Kier molecular flexibility index (Phi) is 7.85. The average molecular weight is 431 g/mol. The zero-order valence-electron chi connectivity index (χ0n) is 16.5. The number of nitrogens with zero attached hydrogens (tertiary/aromatic N) is 3. The van der Waals surface area contributed by atoms with Crippen molar-refractivity contribution in [2.45, 2.75) is 25.3 Å². The van der Waals surface area contributed by atoms with Crippen LogP contribution in [0.4, 0.5) is 5.69 Å². The van der Waals surface area contributed by atoms with Gasteiger partial charge in [-0.15, -0.1) is 24.8 Å². The van der Waals surface area contributed by atoms with Crippen LogP contribution < -0.4 is 10.2 Å². The number of likely N-dealkylation sites (N-methyl/N-ethyl adjacent to an activating group) is 1. The van der Waals surface area contributed by atoms with Gasteiger partial charge in [-0.05, 0) is 56.9 Å². The van der Waals surface area contributed by atoms with Crippen LogP contribution >= 0.6 is 24.8 Å². The lowest BCUT2D eigenvalue weighted by Crippen LogP contribution is -2.53. The molecule has 8 heteroatoms. The number of piperidine rings is 1. The molecular formula is C20H32Cl2N4O2. The van der Waals surface area contributed by atoms with Crippen molar-refractivity contribution in [3.05, 3.63) is 24.3 Å². The fraction of sp³-hybridized carbons (Fsp3) is 0.650. The highest BCUT2D eigenvalue weighted by Gasteiger charge is 2.46. The molecule has 1 aromatic rings. The number of carbonyl (C=O) groups is 1. The second kappa shape index (κ2) is 9.53. The maximum atomic E-state index is 13.1. The van der Waals surface area contributed by atoms with Gasteiger partial charge in [0.25, 0.3) is 0 Å². The average Bonchev–Trinajstić information content (AvgIpc) is 2.98. The molecule has 0 radical (unpaired) electrons. The van der Waals surface area contributed by atoms with Crippen LogP contribution in [0.3, 0.4) is 0 Å². The highest BCUT2D eigenvalue weighted by atomic mass is 35.5. The van der Waals surface area contributed by atoms with Gasteiger partial charge in [-0.3, -0.25) is 9.69 Å². The number of rotatable bonds is 2. The van der Waals surface area contributed by atoms with Gasteiger partial charge >= 0.3 is 0 Å². The van der Waals surface area contributed by atoms with Gasteiger partial charge in [0, 0.05) is 32.7 Å². The Morgan fingerprint density at radius 3 is 2.39 bits per heavy atom. The van der Waals surface area contributed by atoms with Crippen LogP contribution in [0.1, 0.15) is 19.3 Å². The minimum Gasteiger partial charge on any atom is -0.506 e.